The summed E-state index contributed by atoms with van der Waals surface area (Å²) in [6.45, 7) is 0.955. The number of halogens is 2. The Hall–Kier alpha value is -0.980. The molecule has 0 saturated carbocycles. The van der Waals surface area contributed by atoms with Crippen LogP contribution < -0.4 is 5.32 Å². The molecular formula is C12H14BrFN2O2. The minimum absolute atomic E-state index is 0.000833. The van der Waals surface area contributed by atoms with E-state index in [2.05, 4.69) is 21.2 Å². The number of aliphatic hydroxyl groups is 1. The van der Waals surface area contributed by atoms with E-state index >= 15 is 0 Å². The van der Waals surface area contributed by atoms with E-state index < -0.39 is 17.8 Å². The molecule has 18 heavy (non-hydrogen) atoms. The Balaban J connectivity index is 2.26. The number of rotatable bonds is 2. The van der Waals surface area contributed by atoms with Gasteiger partial charge in [0, 0.05) is 24.6 Å². The van der Waals surface area contributed by atoms with E-state index in [-0.39, 0.29) is 11.6 Å². The molecule has 1 amide bonds. The molecule has 1 aliphatic rings. The molecule has 2 N–H and O–H groups in total. The quantitative estimate of drug-likeness (QED) is 0.855. The minimum atomic E-state index is -0.621. The number of carbonyl (C=O) groups excluding carboxylic acids is 1. The van der Waals surface area contributed by atoms with Crippen molar-refractivity contribution >= 4 is 21.8 Å². The largest absolute Gasteiger partial charge is 0.390 e. The van der Waals surface area contributed by atoms with Gasteiger partial charge in [0.25, 0.3) is 5.91 Å². The van der Waals surface area contributed by atoms with Crippen molar-refractivity contribution in [3.05, 3.63) is 34.1 Å². The number of nitrogens with one attached hydrogen (secondary N) is 1. The highest BCUT2D eigenvalue weighted by molar-refractivity contribution is 9.10. The number of likely N-dealkylation sites (N-methyl/N-ethyl adjacent to an activating group) is 1. The number of β-amino-alcohol motifs (C(OH)–C–C–N with tert-alkyl or cyclic N) is 1. The lowest BCUT2D eigenvalue weighted by Crippen LogP contribution is -2.44. The molecule has 1 aromatic rings. The summed E-state index contributed by atoms with van der Waals surface area (Å²) >= 11 is 3.17. The summed E-state index contributed by atoms with van der Waals surface area (Å²) in [6, 6.07) is 4.06. The van der Waals surface area contributed by atoms with E-state index in [9.17, 15) is 14.3 Å². The van der Waals surface area contributed by atoms with Gasteiger partial charge in [-0.25, -0.2) is 4.39 Å². The van der Waals surface area contributed by atoms with Gasteiger partial charge in [0.05, 0.1) is 17.7 Å². The summed E-state index contributed by atoms with van der Waals surface area (Å²) in [5.74, 6) is -1.01. The predicted molar refractivity (Wildman–Crippen MR) is 68.9 cm³/mol. The van der Waals surface area contributed by atoms with Crippen LogP contribution in [0.1, 0.15) is 10.4 Å². The highest BCUT2D eigenvalue weighted by Gasteiger charge is 2.32. The van der Waals surface area contributed by atoms with Crippen molar-refractivity contribution in [3.8, 4) is 0 Å². The van der Waals surface area contributed by atoms with Crippen molar-refractivity contribution in [2.24, 2.45) is 0 Å². The van der Waals surface area contributed by atoms with Gasteiger partial charge in [0.2, 0.25) is 0 Å². The number of benzene rings is 1. The van der Waals surface area contributed by atoms with E-state index in [0.29, 0.717) is 17.6 Å². The Morgan fingerprint density at radius 3 is 2.83 bits per heavy atom. The van der Waals surface area contributed by atoms with Crippen LogP contribution in [-0.4, -0.2) is 48.2 Å². The molecule has 0 bridgehead atoms. The SMILES string of the molecule is CN(C(=O)c1c(F)cccc1Br)[C@H]1CNC[C@@H]1O. The van der Waals surface area contributed by atoms with Crippen molar-refractivity contribution in [2.75, 3.05) is 20.1 Å². The molecule has 1 aromatic carbocycles. The lowest BCUT2D eigenvalue weighted by atomic mass is 10.1. The maximum atomic E-state index is 13.7. The second kappa shape index (κ2) is 5.34. The Labute approximate surface area is 113 Å². The summed E-state index contributed by atoms with van der Waals surface area (Å²) in [7, 11) is 1.57. The average Bonchev–Trinajstić information content (AvgIpc) is 2.74. The standard InChI is InChI=1S/C12H14BrFN2O2/c1-16(9-5-15-6-10(9)17)12(18)11-7(13)3-2-4-8(11)14/h2-4,9-10,15,17H,5-6H2,1H3/t9-,10-/m0/s1. The molecule has 2 rings (SSSR count). The number of amides is 1. The lowest BCUT2D eigenvalue weighted by molar-refractivity contribution is 0.0576. The van der Waals surface area contributed by atoms with Gasteiger partial charge < -0.3 is 15.3 Å². The number of hydrogen-bond acceptors (Lipinski definition) is 3. The summed E-state index contributed by atoms with van der Waals surface area (Å²) < 4.78 is 14.1. The van der Waals surface area contributed by atoms with Crippen LogP contribution in [0.15, 0.2) is 22.7 Å². The van der Waals surface area contributed by atoms with Crippen LogP contribution >= 0.6 is 15.9 Å². The lowest BCUT2D eigenvalue weighted by Gasteiger charge is -2.26. The molecule has 1 saturated heterocycles. The van der Waals surface area contributed by atoms with E-state index in [1.807, 2.05) is 0 Å². The fraction of sp³-hybridized carbons (Fsp3) is 0.417. The van der Waals surface area contributed by atoms with E-state index in [1.165, 1.54) is 17.0 Å². The monoisotopic (exact) mass is 316 g/mol. The molecule has 1 aliphatic heterocycles. The fourth-order valence-corrected chi connectivity index (χ4v) is 2.59. The number of aliphatic hydroxyl groups excluding tert-OH is 1. The molecule has 0 aromatic heterocycles. The topological polar surface area (TPSA) is 52.6 Å². The summed E-state index contributed by atoms with van der Waals surface area (Å²) in [4.78, 5) is 13.6. The van der Waals surface area contributed by atoms with Crippen LogP contribution in [-0.2, 0) is 0 Å². The zero-order valence-electron chi connectivity index (χ0n) is 9.86. The first kappa shape index (κ1) is 13.5. The second-order valence-electron chi connectivity index (χ2n) is 4.31. The Kier molecular flexibility index (Phi) is 3.99. The number of nitrogens with zero attached hydrogens (tertiary/aromatic N) is 1. The zero-order valence-corrected chi connectivity index (χ0v) is 11.4. The van der Waals surface area contributed by atoms with Crippen molar-refractivity contribution in [3.63, 3.8) is 0 Å². The summed E-state index contributed by atoms with van der Waals surface area (Å²) in [5.41, 5.74) is -0.000833. The molecule has 1 fully saturated rings. The number of carbonyl (C=O) groups is 1. The van der Waals surface area contributed by atoms with Crippen LogP contribution in [0.3, 0.4) is 0 Å². The molecule has 0 unspecified atom stereocenters. The van der Waals surface area contributed by atoms with Crippen molar-refractivity contribution in [1.82, 2.24) is 10.2 Å². The maximum absolute atomic E-state index is 13.7. The van der Waals surface area contributed by atoms with Gasteiger partial charge in [-0.2, -0.15) is 0 Å². The average molecular weight is 317 g/mol. The van der Waals surface area contributed by atoms with Gasteiger partial charge in [-0.05, 0) is 28.1 Å². The zero-order chi connectivity index (χ0) is 13.3. The minimum Gasteiger partial charge on any atom is -0.390 e. The predicted octanol–water partition coefficient (Wildman–Crippen LogP) is 0.993. The normalized spacial score (nSPS) is 23.1. The van der Waals surface area contributed by atoms with Crippen LogP contribution in [0.2, 0.25) is 0 Å². The Morgan fingerprint density at radius 1 is 1.56 bits per heavy atom. The van der Waals surface area contributed by atoms with E-state index in [4.69, 9.17) is 0 Å². The summed E-state index contributed by atoms with van der Waals surface area (Å²) in [5, 5.41) is 12.7. The summed E-state index contributed by atoms with van der Waals surface area (Å²) in [6.07, 6.45) is -0.621. The molecular weight excluding hydrogens is 303 g/mol. The highest BCUT2D eigenvalue weighted by atomic mass is 79.9. The van der Waals surface area contributed by atoms with Crippen molar-refractivity contribution < 1.29 is 14.3 Å². The van der Waals surface area contributed by atoms with Crippen LogP contribution in [0, 0.1) is 5.82 Å². The molecule has 0 spiro atoms. The molecule has 4 nitrogen and oxygen atoms in total. The Bertz CT molecular complexity index is 449. The van der Waals surface area contributed by atoms with Crippen molar-refractivity contribution in [2.45, 2.75) is 12.1 Å². The van der Waals surface area contributed by atoms with Crippen molar-refractivity contribution in [1.29, 1.82) is 0 Å². The molecule has 98 valence electrons. The third-order valence-corrected chi connectivity index (χ3v) is 3.81. The second-order valence-corrected chi connectivity index (χ2v) is 5.16. The third kappa shape index (κ3) is 2.41. The van der Waals surface area contributed by atoms with Gasteiger partial charge >= 0.3 is 0 Å². The third-order valence-electron chi connectivity index (χ3n) is 3.15. The fourth-order valence-electron chi connectivity index (χ4n) is 2.08. The van der Waals surface area contributed by atoms with Gasteiger partial charge in [-0.1, -0.05) is 6.07 Å². The molecule has 6 heteroatoms. The van der Waals surface area contributed by atoms with E-state index in [1.54, 1.807) is 13.1 Å². The van der Waals surface area contributed by atoms with Crippen LogP contribution in [0.5, 0.6) is 0 Å². The Morgan fingerprint density at radius 2 is 2.28 bits per heavy atom. The first-order chi connectivity index (χ1) is 8.52. The first-order valence-electron chi connectivity index (χ1n) is 5.62. The molecule has 0 radical (unpaired) electrons. The molecule has 1 heterocycles. The number of hydrogen-bond donors (Lipinski definition) is 2. The van der Waals surface area contributed by atoms with Gasteiger partial charge in [0.15, 0.2) is 0 Å². The first-order valence-corrected chi connectivity index (χ1v) is 6.41. The van der Waals surface area contributed by atoms with Crippen LogP contribution in [0.25, 0.3) is 0 Å². The van der Waals surface area contributed by atoms with Crippen LogP contribution in [0.4, 0.5) is 4.39 Å². The van der Waals surface area contributed by atoms with Gasteiger partial charge in [-0.15, -0.1) is 0 Å². The van der Waals surface area contributed by atoms with Gasteiger partial charge in [-0.3, -0.25) is 4.79 Å². The van der Waals surface area contributed by atoms with E-state index in [0.717, 1.165) is 0 Å². The smallest absolute Gasteiger partial charge is 0.258 e. The molecule has 2 atom stereocenters. The van der Waals surface area contributed by atoms with Gasteiger partial charge in [0.1, 0.15) is 5.82 Å². The highest BCUT2D eigenvalue weighted by Crippen LogP contribution is 2.22. The molecule has 0 aliphatic carbocycles. The maximum Gasteiger partial charge on any atom is 0.258 e.